The molecule has 1 heterocycles. The third kappa shape index (κ3) is 4.03. The van der Waals surface area contributed by atoms with Crippen LogP contribution in [0, 0.1) is 11.8 Å². The van der Waals surface area contributed by atoms with E-state index in [2.05, 4.69) is 10.3 Å². The summed E-state index contributed by atoms with van der Waals surface area (Å²) in [6.07, 6.45) is -2.13. The molecular weight excluding hydrogens is 578 g/mol. The third-order valence-corrected chi connectivity index (χ3v) is 9.39. The van der Waals surface area contributed by atoms with Crippen LogP contribution in [0.25, 0.3) is 11.3 Å². The van der Waals surface area contributed by atoms with Gasteiger partial charge in [-0.2, -0.15) is 0 Å². The Morgan fingerprint density at radius 3 is 2.49 bits per heavy atom. The Kier molecular flexibility index (Phi) is 6.56. The van der Waals surface area contributed by atoms with Crippen molar-refractivity contribution in [2.24, 2.45) is 17.6 Å². The number of phenols is 1. The lowest BCUT2D eigenvalue weighted by Gasteiger charge is -2.50. The van der Waals surface area contributed by atoms with Crippen molar-refractivity contribution in [1.29, 1.82) is 0 Å². The summed E-state index contributed by atoms with van der Waals surface area (Å²) >= 11 is 1.27. The number of fused-ring (bicyclic) bond motifs is 3. The highest BCUT2D eigenvalue weighted by Crippen LogP contribution is 2.55. The van der Waals surface area contributed by atoms with E-state index in [0.29, 0.717) is 22.1 Å². The molecule has 0 unspecified atom stereocenters. The molecular formula is C30H27N3O9S. The first kappa shape index (κ1) is 28.4. The molecule has 3 aromatic rings. The minimum absolute atomic E-state index is 0.138. The van der Waals surface area contributed by atoms with Gasteiger partial charge < -0.3 is 41.3 Å². The van der Waals surface area contributed by atoms with Gasteiger partial charge in [0.05, 0.1) is 30.2 Å². The standard InChI is InChI=1S/C30H27N3O9S/c1-11-14-7-8-16(32-29-33-17(10-43-29)12-3-5-13(42-2)6-4-12)24(36)20(14)25(37)22-19(11)23(35)15-9-18(34)21(28(31)40)26(38)30(15,41)27(22)39/h3-8,10-11,15,19,23,34-36,39,41H,9H2,1-2H3,(H2,31,40)(H,32,33)/t11-,15+,19+,23+,30+/m0/s1. The summed E-state index contributed by atoms with van der Waals surface area (Å²) in [6, 6.07) is 10.5. The summed E-state index contributed by atoms with van der Waals surface area (Å²) in [5, 5.41) is 61.0. The number of Topliss-reactive ketones (excluding diaryl/α,β-unsaturated/α-hetero) is 2. The fraction of sp³-hybridized carbons (Fsp3) is 0.267. The van der Waals surface area contributed by atoms with E-state index in [1.165, 1.54) is 11.3 Å². The number of nitrogens with zero attached hydrogens (tertiary/aromatic N) is 1. The largest absolute Gasteiger partial charge is 0.511 e. The summed E-state index contributed by atoms with van der Waals surface area (Å²) in [7, 11) is 1.57. The number of thiazole rings is 1. The molecule has 0 aliphatic heterocycles. The Bertz CT molecular complexity index is 1780. The van der Waals surface area contributed by atoms with Crippen LogP contribution < -0.4 is 15.8 Å². The number of ketones is 2. The molecule has 0 saturated heterocycles. The molecule has 0 saturated carbocycles. The summed E-state index contributed by atoms with van der Waals surface area (Å²) in [4.78, 5) is 43.5. The molecule has 5 atom stereocenters. The maximum atomic E-state index is 13.9. The lowest BCUT2D eigenvalue weighted by Crippen LogP contribution is -2.62. The lowest BCUT2D eigenvalue weighted by molar-refractivity contribution is -0.154. The number of nitrogens with one attached hydrogen (secondary N) is 1. The number of methoxy groups -OCH3 is 1. The molecule has 0 fully saturated rings. The Hall–Kier alpha value is -4.72. The first-order chi connectivity index (χ1) is 20.4. The quantitative estimate of drug-likeness (QED) is 0.166. The normalized spacial score (nSPS) is 26.5. The average Bonchev–Trinajstić information content (AvgIpc) is 3.44. The minimum atomic E-state index is -2.89. The number of nitrogens with two attached hydrogens (primary N) is 1. The number of benzene rings is 2. The molecule has 8 N–H and O–H groups in total. The minimum Gasteiger partial charge on any atom is -0.511 e. The topological polar surface area (TPSA) is 213 Å². The number of aliphatic hydroxyl groups is 4. The van der Waals surface area contributed by atoms with E-state index >= 15 is 0 Å². The zero-order valence-electron chi connectivity index (χ0n) is 22.9. The first-order valence-electron chi connectivity index (χ1n) is 13.3. The predicted molar refractivity (Wildman–Crippen MR) is 154 cm³/mol. The number of aromatic hydroxyl groups is 1. The number of ether oxygens (including phenoxy) is 1. The van der Waals surface area contributed by atoms with Crippen LogP contribution in [0.15, 0.2) is 64.4 Å². The molecule has 6 rings (SSSR count). The molecule has 0 bridgehead atoms. The smallest absolute Gasteiger partial charge is 0.255 e. The fourth-order valence-corrected chi connectivity index (χ4v) is 7.17. The third-order valence-electron chi connectivity index (χ3n) is 8.63. The van der Waals surface area contributed by atoms with Crippen molar-refractivity contribution in [3.63, 3.8) is 0 Å². The lowest BCUT2D eigenvalue weighted by atomic mass is 9.56. The number of aliphatic hydroxyl groups excluding tert-OH is 3. The number of carbonyl (C=O) groups is 3. The van der Waals surface area contributed by atoms with Crippen LogP contribution in [0.4, 0.5) is 10.8 Å². The number of carbonyl (C=O) groups excluding carboxylic acids is 3. The van der Waals surface area contributed by atoms with E-state index in [0.717, 1.165) is 5.56 Å². The summed E-state index contributed by atoms with van der Waals surface area (Å²) in [5.74, 6) is -8.42. The summed E-state index contributed by atoms with van der Waals surface area (Å²) in [6.45, 7) is 1.67. The predicted octanol–water partition coefficient (Wildman–Crippen LogP) is 2.99. The van der Waals surface area contributed by atoms with Crippen LogP contribution >= 0.6 is 11.3 Å². The van der Waals surface area contributed by atoms with Crippen LogP contribution in [0.1, 0.15) is 35.2 Å². The molecule has 12 nitrogen and oxygen atoms in total. The number of aromatic nitrogens is 1. The molecule has 43 heavy (non-hydrogen) atoms. The maximum Gasteiger partial charge on any atom is 0.255 e. The van der Waals surface area contributed by atoms with Crippen LogP contribution in [-0.4, -0.2) is 66.8 Å². The molecule has 13 heteroatoms. The number of rotatable bonds is 5. The van der Waals surface area contributed by atoms with Gasteiger partial charge in [-0.25, -0.2) is 4.98 Å². The number of amides is 1. The second-order valence-corrected chi connectivity index (χ2v) is 11.7. The first-order valence-corrected chi connectivity index (χ1v) is 14.2. The highest BCUT2D eigenvalue weighted by Gasteiger charge is 2.64. The highest BCUT2D eigenvalue weighted by atomic mass is 32.1. The van der Waals surface area contributed by atoms with Gasteiger partial charge in [-0.15, -0.1) is 11.3 Å². The highest BCUT2D eigenvalue weighted by molar-refractivity contribution is 7.14. The molecule has 1 amide bonds. The van der Waals surface area contributed by atoms with Gasteiger partial charge in [0, 0.05) is 34.8 Å². The molecule has 1 aromatic heterocycles. The van der Waals surface area contributed by atoms with Crippen molar-refractivity contribution in [2.45, 2.75) is 31.0 Å². The summed E-state index contributed by atoms with van der Waals surface area (Å²) < 4.78 is 5.19. The molecule has 0 radical (unpaired) electrons. The van der Waals surface area contributed by atoms with Gasteiger partial charge in [-0.05, 0) is 41.8 Å². The van der Waals surface area contributed by atoms with Crippen LogP contribution in [0.3, 0.4) is 0 Å². The van der Waals surface area contributed by atoms with Crippen molar-refractivity contribution in [3.8, 4) is 22.8 Å². The number of hydrogen-bond acceptors (Lipinski definition) is 12. The van der Waals surface area contributed by atoms with E-state index < -0.39 is 81.8 Å². The molecule has 3 aliphatic carbocycles. The van der Waals surface area contributed by atoms with Crippen LogP contribution in [0.2, 0.25) is 0 Å². The van der Waals surface area contributed by atoms with Gasteiger partial charge in [0.25, 0.3) is 5.91 Å². The zero-order chi connectivity index (χ0) is 31.0. The summed E-state index contributed by atoms with van der Waals surface area (Å²) in [5.41, 5.74) is 2.79. The van der Waals surface area contributed by atoms with E-state index in [4.69, 9.17) is 10.5 Å². The Morgan fingerprint density at radius 2 is 1.84 bits per heavy atom. The second kappa shape index (κ2) is 9.93. The molecule has 3 aliphatic rings. The van der Waals surface area contributed by atoms with Gasteiger partial charge in [0.15, 0.2) is 22.3 Å². The van der Waals surface area contributed by atoms with Gasteiger partial charge in [0.2, 0.25) is 5.78 Å². The Labute approximate surface area is 248 Å². The molecule has 2 aromatic carbocycles. The SMILES string of the molecule is COc1ccc(-c2csc(Nc3ccc4c(c3O)C(=O)C3=C(O)[C@]5(O)C(=O)C(C(N)=O)=C(O)C[C@@H]5[C@@H](O)[C@@H]3[C@H]4C)n2)cc1. The van der Waals surface area contributed by atoms with Gasteiger partial charge in [-0.1, -0.05) is 13.0 Å². The van der Waals surface area contributed by atoms with Crippen molar-refractivity contribution in [1.82, 2.24) is 4.98 Å². The number of phenolic OH excluding ortho intramolecular Hbond substituents is 1. The van der Waals surface area contributed by atoms with Gasteiger partial charge in [0.1, 0.15) is 22.8 Å². The van der Waals surface area contributed by atoms with E-state index in [1.54, 1.807) is 38.3 Å². The van der Waals surface area contributed by atoms with Crippen molar-refractivity contribution >= 4 is 39.6 Å². The van der Waals surface area contributed by atoms with Crippen LogP contribution in [0.5, 0.6) is 11.5 Å². The van der Waals surface area contributed by atoms with Crippen LogP contribution in [-0.2, 0) is 9.59 Å². The average molecular weight is 606 g/mol. The van der Waals surface area contributed by atoms with Crippen molar-refractivity contribution in [2.75, 3.05) is 12.4 Å². The van der Waals surface area contributed by atoms with Crippen molar-refractivity contribution in [3.05, 3.63) is 75.6 Å². The molecule has 0 spiro atoms. The van der Waals surface area contributed by atoms with Gasteiger partial charge >= 0.3 is 0 Å². The van der Waals surface area contributed by atoms with E-state index in [-0.39, 0.29) is 11.3 Å². The van der Waals surface area contributed by atoms with Crippen molar-refractivity contribution < 1.29 is 44.7 Å². The number of hydrogen-bond donors (Lipinski definition) is 7. The van der Waals surface area contributed by atoms with Gasteiger partial charge in [-0.3, -0.25) is 14.4 Å². The molecule has 222 valence electrons. The Morgan fingerprint density at radius 1 is 1.14 bits per heavy atom. The zero-order valence-corrected chi connectivity index (χ0v) is 23.7. The maximum absolute atomic E-state index is 13.9. The number of allylic oxidation sites excluding steroid dienone is 1. The van der Waals surface area contributed by atoms with E-state index in [9.17, 15) is 39.9 Å². The second-order valence-electron chi connectivity index (χ2n) is 10.8. The number of anilines is 2. The monoisotopic (exact) mass is 605 g/mol. The number of primary amides is 1. The Balaban J connectivity index is 1.39. The fourth-order valence-electron chi connectivity index (χ4n) is 6.44. The van der Waals surface area contributed by atoms with E-state index in [1.807, 2.05) is 17.5 Å².